The van der Waals surface area contributed by atoms with Gasteiger partial charge in [0, 0.05) is 15.8 Å². The Hall–Kier alpha value is -2.66. The fourth-order valence-electron chi connectivity index (χ4n) is 2.79. The average Bonchev–Trinajstić information content (AvgIpc) is 3.42. The van der Waals surface area contributed by atoms with E-state index in [1.807, 2.05) is 22.9 Å². The number of carbonyl (C=O) groups is 2. The molecule has 7 nitrogen and oxygen atoms in total. The minimum absolute atomic E-state index is 0.0788. The van der Waals surface area contributed by atoms with Gasteiger partial charge in [0.2, 0.25) is 5.91 Å². The van der Waals surface area contributed by atoms with Gasteiger partial charge in [-0.3, -0.25) is 25.2 Å². The molecule has 0 saturated heterocycles. The molecule has 0 atom stereocenters. The molecule has 3 aromatic heterocycles. The van der Waals surface area contributed by atoms with Crippen LogP contribution in [-0.2, 0) is 10.5 Å². The fourth-order valence-corrected chi connectivity index (χ4v) is 5.48. The lowest BCUT2D eigenvalue weighted by Gasteiger charge is -2.08. The van der Waals surface area contributed by atoms with Crippen molar-refractivity contribution in [3.8, 4) is 10.4 Å². The molecular formula is C20H15ClN4O3S3. The van der Waals surface area contributed by atoms with Crippen molar-refractivity contribution in [2.75, 3.05) is 5.75 Å². The molecule has 0 radical (unpaired) electrons. The van der Waals surface area contributed by atoms with E-state index in [9.17, 15) is 14.4 Å². The molecule has 3 N–H and O–H groups in total. The van der Waals surface area contributed by atoms with Gasteiger partial charge in [-0.1, -0.05) is 29.8 Å². The summed E-state index contributed by atoms with van der Waals surface area (Å²) in [5, 5.41) is 4.78. The Labute approximate surface area is 193 Å². The maximum absolute atomic E-state index is 12.6. The number of benzene rings is 1. The highest BCUT2D eigenvalue weighted by atomic mass is 35.5. The monoisotopic (exact) mass is 490 g/mol. The molecule has 0 saturated carbocycles. The number of halogens is 1. The molecule has 158 valence electrons. The number of thioether (sulfide) groups is 1. The number of aromatic nitrogens is 2. The Morgan fingerprint density at radius 3 is 2.74 bits per heavy atom. The van der Waals surface area contributed by atoms with E-state index in [2.05, 4.69) is 20.8 Å². The van der Waals surface area contributed by atoms with Gasteiger partial charge >= 0.3 is 0 Å². The molecule has 0 aliphatic carbocycles. The number of H-pyrrole nitrogens is 1. The number of fused-ring (bicyclic) bond motifs is 1. The van der Waals surface area contributed by atoms with Crippen LogP contribution in [-0.4, -0.2) is 27.5 Å². The topological polar surface area (TPSA) is 104 Å². The second kappa shape index (κ2) is 9.65. The van der Waals surface area contributed by atoms with Gasteiger partial charge in [-0.25, -0.2) is 4.98 Å². The second-order valence-electron chi connectivity index (χ2n) is 6.29. The van der Waals surface area contributed by atoms with Crippen LogP contribution in [0.15, 0.2) is 52.0 Å². The Bertz CT molecular complexity index is 1300. The van der Waals surface area contributed by atoms with Gasteiger partial charge in [-0.05, 0) is 23.6 Å². The highest BCUT2D eigenvalue weighted by Crippen LogP contribution is 2.33. The van der Waals surface area contributed by atoms with Crippen molar-refractivity contribution in [2.24, 2.45) is 0 Å². The SMILES string of the molecule is O=C(CSCc1nc2scc(-c3cccs3)c2c(=O)[nH]1)NNC(=O)c1ccccc1Cl. The predicted molar refractivity (Wildman–Crippen MR) is 127 cm³/mol. The molecule has 0 fully saturated rings. The van der Waals surface area contributed by atoms with Crippen molar-refractivity contribution >= 4 is 68.1 Å². The number of hydrogen-bond acceptors (Lipinski definition) is 7. The van der Waals surface area contributed by atoms with Crippen LogP contribution in [0, 0.1) is 0 Å². The van der Waals surface area contributed by atoms with Crippen LogP contribution in [0.3, 0.4) is 0 Å². The Morgan fingerprint density at radius 1 is 1.13 bits per heavy atom. The third-order valence-corrected chi connectivity index (χ3v) is 7.23. The summed E-state index contributed by atoms with van der Waals surface area (Å²) in [4.78, 5) is 45.6. The van der Waals surface area contributed by atoms with Gasteiger partial charge in [0.1, 0.15) is 10.7 Å². The Balaban J connectivity index is 1.32. The van der Waals surface area contributed by atoms with Crippen LogP contribution >= 0.6 is 46.0 Å². The molecule has 4 aromatic rings. The van der Waals surface area contributed by atoms with Crippen molar-refractivity contribution in [1.82, 2.24) is 20.8 Å². The standard InChI is InChI=1S/C20H15ClN4O3S3/c21-13-5-2-1-4-11(13)18(27)25-24-16(26)10-29-9-15-22-19(28)17-12(8-31-20(17)23-15)14-6-3-7-30-14/h1-8H,9-10H2,(H,24,26)(H,25,27)(H,22,23,28). The first-order valence-electron chi connectivity index (χ1n) is 8.98. The van der Waals surface area contributed by atoms with E-state index < -0.39 is 5.91 Å². The van der Waals surface area contributed by atoms with Crippen LogP contribution < -0.4 is 16.4 Å². The third-order valence-electron chi connectivity index (χ3n) is 4.19. The molecule has 0 spiro atoms. The van der Waals surface area contributed by atoms with E-state index in [1.54, 1.807) is 35.6 Å². The van der Waals surface area contributed by atoms with E-state index in [1.165, 1.54) is 23.1 Å². The molecule has 11 heteroatoms. The second-order valence-corrected chi connectivity index (χ2v) is 9.49. The quantitative estimate of drug-likeness (QED) is 0.353. The van der Waals surface area contributed by atoms with Crippen LogP contribution in [0.25, 0.3) is 20.7 Å². The van der Waals surface area contributed by atoms with Gasteiger partial charge in [0.15, 0.2) is 0 Å². The largest absolute Gasteiger partial charge is 0.309 e. The average molecular weight is 491 g/mol. The normalized spacial score (nSPS) is 10.9. The Kier molecular flexibility index (Phi) is 6.71. The zero-order chi connectivity index (χ0) is 21.8. The number of carbonyl (C=O) groups excluding carboxylic acids is 2. The van der Waals surface area contributed by atoms with Gasteiger partial charge in [0.05, 0.1) is 27.5 Å². The van der Waals surface area contributed by atoms with Crippen LogP contribution in [0.1, 0.15) is 16.2 Å². The molecule has 3 heterocycles. The third kappa shape index (κ3) is 4.99. The van der Waals surface area contributed by atoms with Gasteiger partial charge < -0.3 is 4.98 Å². The van der Waals surface area contributed by atoms with Crippen molar-refractivity contribution in [1.29, 1.82) is 0 Å². The number of aromatic amines is 1. The molecule has 4 rings (SSSR count). The summed E-state index contributed by atoms with van der Waals surface area (Å²) < 4.78 is 0. The molecule has 2 amide bonds. The van der Waals surface area contributed by atoms with Gasteiger partial charge in [0.25, 0.3) is 11.5 Å². The summed E-state index contributed by atoms with van der Waals surface area (Å²) in [6.45, 7) is 0. The van der Waals surface area contributed by atoms with Crippen molar-refractivity contribution in [2.45, 2.75) is 5.75 Å². The van der Waals surface area contributed by atoms with E-state index in [4.69, 9.17) is 11.6 Å². The lowest BCUT2D eigenvalue weighted by Crippen LogP contribution is -2.42. The van der Waals surface area contributed by atoms with Crippen LogP contribution in [0.4, 0.5) is 0 Å². The van der Waals surface area contributed by atoms with E-state index in [0.29, 0.717) is 26.8 Å². The van der Waals surface area contributed by atoms with Crippen molar-refractivity contribution in [3.05, 3.63) is 73.9 Å². The number of hydrazine groups is 1. The van der Waals surface area contributed by atoms with Gasteiger partial charge in [-0.15, -0.1) is 34.4 Å². The fraction of sp³-hybridized carbons (Fsp3) is 0.100. The maximum Gasteiger partial charge on any atom is 0.271 e. The lowest BCUT2D eigenvalue weighted by molar-refractivity contribution is -0.119. The molecule has 1 aromatic carbocycles. The predicted octanol–water partition coefficient (Wildman–Crippen LogP) is 4.06. The maximum atomic E-state index is 12.6. The minimum atomic E-state index is -0.500. The van der Waals surface area contributed by atoms with Crippen LogP contribution in [0.5, 0.6) is 0 Å². The lowest BCUT2D eigenvalue weighted by atomic mass is 10.2. The van der Waals surface area contributed by atoms with E-state index in [0.717, 1.165) is 10.4 Å². The summed E-state index contributed by atoms with van der Waals surface area (Å²) >= 11 is 10.2. The number of hydrogen-bond donors (Lipinski definition) is 3. The summed E-state index contributed by atoms with van der Waals surface area (Å²) in [7, 11) is 0. The molecule has 0 aliphatic rings. The molecular weight excluding hydrogens is 476 g/mol. The van der Waals surface area contributed by atoms with Crippen molar-refractivity contribution < 1.29 is 9.59 Å². The summed E-state index contributed by atoms with van der Waals surface area (Å²) in [5.41, 5.74) is 5.64. The number of thiophene rings is 2. The number of nitrogens with zero attached hydrogens (tertiary/aromatic N) is 1. The summed E-state index contributed by atoms with van der Waals surface area (Å²) in [5.74, 6) is 0.0400. The first-order chi connectivity index (χ1) is 15.0. The molecule has 0 unspecified atom stereocenters. The number of rotatable bonds is 6. The van der Waals surface area contributed by atoms with E-state index >= 15 is 0 Å². The first kappa shape index (κ1) is 21.6. The van der Waals surface area contributed by atoms with E-state index in [-0.39, 0.29) is 22.8 Å². The Morgan fingerprint density at radius 2 is 1.97 bits per heavy atom. The molecule has 31 heavy (non-hydrogen) atoms. The van der Waals surface area contributed by atoms with Gasteiger partial charge in [-0.2, -0.15) is 0 Å². The molecule has 0 aliphatic heterocycles. The highest BCUT2D eigenvalue weighted by Gasteiger charge is 2.14. The smallest absolute Gasteiger partial charge is 0.271 e. The summed E-state index contributed by atoms with van der Waals surface area (Å²) in [6.07, 6.45) is 0. The number of nitrogens with one attached hydrogen (secondary N) is 3. The summed E-state index contributed by atoms with van der Waals surface area (Å²) in [6, 6.07) is 10.5. The highest BCUT2D eigenvalue weighted by molar-refractivity contribution is 7.99. The van der Waals surface area contributed by atoms with Crippen molar-refractivity contribution in [3.63, 3.8) is 0 Å². The first-order valence-corrected chi connectivity index (χ1v) is 12.3. The number of amides is 2. The van der Waals surface area contributed by atoms with Crippen LogP contribution in [0.2, 0.25) is 5.02 Å². The minimum Gasteiger partial charge on any atom is -0.309 e. The zero-order valence-electron chi connectivity index (χ0n) is 15.8. The zero-order valence-corrected chi connectivity index (χ0v) is 19.0. The molecule has 0 bridgehead atoms.